The van der Waals surface area contributed by atoms with Crippen LogP contribution in [0.3, 0.4) is 0 Å². The van der Waals surface area contributed by atoms with Gasteiger partial charge in [0, 0.05) is 25.9 Å². The van der Waals surface area contributed by atoms with Crippen LogP contribution in [0.25, 0.3) is 0 Å². The van der Waals surface area contributed by atoms with Crippen LogP contribution < -0.4 is 4.90 Å². The molecule has 1 aliphatic rings. The maximum Gasteiger partial charge on any atom is 0.0913 e. The molecule has 0 bridgehead atoms. The Labute approximate surface area is 109 Å². The Morgan fingerprint density at radius 3 is 2.61 bits per heavy atom. The van der Waals surface area contributed by atoms with Crippen molar-refractivity contribution >= 4 is 5.69 Å². The second-order valence-corrected chi connectivity index (χ2v) is 5.01. The van der Waals surface area contributed by atoms with E-state index in [0.29, 0.717) is 6.61 Å². The van der Waals surface area contributed by atoms with Gasteiger partial charge in [0.2, 0.25) is 0 Å². The fourth-order valence-electron chi connectivity index (χ4n) is 2.41. The smallest absolute Gasteiger partial charge is 0.0913 e. The van der Waals surface area contributed by atoms with Crippen LogP contribution in [0.5, 0.6) is 0 Å². The first-order chi connectivity index (χ1) is 8.67. The Kier molecular flexibility index (Phi) is 4.19. The molecule has 0 atom stereocenters. The van der Waals surface area contributed by atoms with E-state index in [1.165, 1.54) is 0 Å². The molecule has 100 valence electrons. The second kappa shape index (κ2) is 5.67. The van der Waals surface area contributed by atoms with Crippen LogP contribution in [0.2, 0.25) is 0 Å². The first-order valence-electron chi connectivity index (χ1n) is 6.58. The highest BCUT2D eigenvalue weighted by atomic mass is 16.5. The Bertz CT molecular complexity index is 370. The molecule has 1 saturated heterocycles. The molecule has 18 heavy (non-hydrogen) atoms. The predicted octanol–water partition coefficient (Wildman–Crippen LogP) is 1.62. The van der Waals surface area contributed by atoms with Gasteiger partial charge in [-0.2, -0.15) is 0 Å². The van der Waals surface area contributed by atoms with E-state index in [1.54, 1.807) is 7.11 Å². The van der Waals surface area contributed by atoms with E-state index < -0.39 is 5.60 Å². The largest absolute Gasteiger partial charge is 0.387 e. The number of aromatic nitrogens is 1. The first-order valence-corrected chi connectivity index (χ1v) is 6.58. The Hall–Kier alpha value is -1.13. The third-order valence-corrected chi connectivity index (χ3v) is 3.64. The van der Waals surface area contributed by atoms with Gasteiger partial charge >= 0.3 is 0 Å². The number of rotatable bonds is 4. The number of methoxy groups -OCH3 is 1. The van der Waals surface area contributed by atoms with Crippen LogP contribution >= 0.6 is 0 Å². The molecular weight excluding hydrogens is 228 g/mol. The SMILES string of the molecule is CCc1ccc(N2CCC(O)(COC)CC2)cn1. The Balaban J connectivity index is 1.96. The number of nitrogens with zero attached hydrogens (tertiary/aromatic N) is 2. The molecule has 0 radical (unpaired) electrons. The molecule has 1 aliphatic heterocycles. The minimum atomic E-state index is -0.651. The average molecular weight is 250 g/mol. The van der Waals surface area contributed by atoms with Crippen LogP contribution in [-0.4, -0.2) is 42.5 Å². The van der Waals surface area contributed by atoms with Crippen molar-refractivity contribution in [2.75, 3.05) is 31.7 Å². The number of aryl methyl sites for hydroxylation is 1. The highest BCUT2D eigenvalue weighted by molar-refractivity contribution is 5.45. The summed E-state index contributed by atoms with van der Waals surface area (Å²) < 4.78 is 5.07. The molecule has 0 spiro atoms. The van der Waals surface area contributed by atoms with E-state index in [1.807, 2.05) is 6.20 Å². The van der Waals surface area contributed by atoms with Crippen molar-refractivity contribution in [3.63, 3.8) is 0 Å². The van der Waals surface area contributed by atoms with Crippen molar-refractivity contribution < 1.29 is 9.84 Å². The third-order valence-electron chi connectivity index (χ3n) is 3.64. The summed E-state index contributed by atoms with van der Waals surface area (Å²) in [5.41, 5.74) is 1.61. The molecule has 0 aromatic carbocycles. The molecule has 1 aromatic heterocycles. The molecule has 0 unspecified atom stereocenters. The second-order valence-electron chi connectivity index (χ2n) is 5.01. The molecular formula is C14H22N2O2. The van der Waals surface area contributed by atoms with Crippen molar-refractivity contribution in [1.29, 1.82) is 0 Å². The van der Waals surface area contributed by atoms with Gasteiger partial charge in [0.15, 0.2) is 0 Å². The van der Waals surface area contributed by atoms with Gasteiger partial charge in [-0.1, -0.05) is 6.92 Å². The number of hydrogen-bond donors (Lipinski definition) is 1. The van der Waals surface area contributed by atoms with Gasteiger partial charge in [-0.05, 0) is 31.4 Å². The topological polar surface area (TPSA) is 45.6 Å². The Morgan fingerprint density at radius 1 is 1.39 bits per heavy atom. The average Bonchev–Trinajstić information content (AvgIpc) is 2.40. The molecule has 0 amide bonds. The van der Waals surface area contributed by atoms with Gasteiger partial charge in [0.05, 0.1) is 24.1 Å². The lowest BCUT2D eigenvalue weighted by Gasteiger charge is -2.38. The van der Waals surface area contributed by atoms with Crippen LogP contribution in [-0.2, 0) is 11.2 Å². The lowest BCUT2D eigenvalue weighted by Crippen LogP contribution is -2.47. The van der Waals surface area contributed by atoms with E-state index in [0.717, 1.165) is 43.7 Å². The zero-order valence-corrected chi connectivity index (χ0v) is 11.2. The van der Waals surface area contributed by atoms with Gasteiger partial charge in [-0.3, -0.25) is 4.98 Å². The standard InChI is InChI=1S/C14H22N2O2/c1-3-12-4-5-13(10-15-12)16-8-6-14(17,7-9-16)11-18-2/h4-5,10,17H,3,6-9,11H2,1-2H3. The molecule has 1 aromatic rings. The number of piperidine rings is 1. The number of anilines is 1. The maximum atomic E-state index is 10.3. The Morgan fingerprint density at radius 2 is 2.11 bits per heavy atom. The van der Waals surface area contributed by atoms with E-state index in [2.05, 4.69) is 28.9 Å². The third kappa shape index (κ3) is 3.00. The van der Waals surface area contributed by atoms with Gasteiger partial charge in [-0.25, -0.2) is 0 Å². The van der Waals surface area contributed by atoms with Gasteiger partial charge in [0.25, 0.3) is 0 Å². The summed E-state index contributed by atoms with van der Waals surface area (Å²) in [6.45, 7) is 4.24. The van der Waals surface area contributed by atoms with Crippen molar-refractivity contribution in [2.24, 2.45) is 0 Å². The molecule has 4 nitrogen and oxygen atoms in total. The lowest BCUT2D eigenvalue weighted by molar-refractivity contribution is -0.0471. The minimum absolute atomic E-state index is 0.424. The number of aliphatic hydroxyl groups is 1. The van der Waals surface area contributed by atoms with E-state index in [-0.39, 0.29) is 0 Å². The van der Waals surface area contributed by atoms with Crippen molar-refractivity contribution in [1.82, 2.24) is 4.98 Å². The molecule has 0 aliphatic carbocycles. The van der Waals surface area contributed by atoms with Crippen LogP contribution in [0.4, 0.5) is 5.69 Å². The fraction of sp³-hybridized carbons (Fsp3) is 0.643. The number of hydrogen-bond acceptors (Lipinski definition) is 4. The first kappa shape index (κ1) is 13.3. The normalized spacial score (nSPS) is 18.9. The summed E-state index contributed by atoms with van der Waals surface area (Å²) in [4.78, 5) is 6.69. The molecule has 1 N–H and O–H groups in total. The van der Waals surface area contributed by atoms with E-state index in [9.17, 15) is 5.11 Å². The molecule has 0 saturated carbocycles. The number of pyridine rings is 1. The van der Waals surface area contributed by atoms with Crippen LogP contribution in [0.15, 0.2) is 18.3 Å². The highest BCUT2D eigenvalue weighted by Crippen LogP contribution is 2.26. The summed E-state index contributed by atoms with van der Waals surface area (Å²) in [5.74, 6) is 0. The summed E-state index contributed by atoms with van der Waals surface area (Å²) in [7, 11) is 1.64. The highest BCUT2D eigenvalue weighted by Gasteiger charge is 2.32. The van der Waals surface area contributed by atoms with E-state index >= 15 is 0 Å². The van der Waals surface area contributed by atoms with Gasteiger partial charge in [0.1, 0.15) is 0 Å². The zero-order valence-electron chi connectivity index (χ0n) is 11.2. The summed E-state index contributed by atoms with van der Waals surface area (Å²) in [6, 6.07) is 4.19. The molecule has 1 fully saturated rings. The molecule has 4 heteroatoms. The summed E-state index contributed by atoms with van der Waals surface area (Å²) in [6.07, 6.45) is 4.39. The van der Waals surface area contributed by atoms with Gasteiger partial charge in [-0.15, -0.1) is 0 Å². The fourth-order valence-corrected chi connectivity index (χ4v) is 2.41. The number of ether oxygens (including phenoxy) is 1. The monoisotopic (exact) mass is 250 g/mol. The minimum Gasteiger partial charge on any atom is -0.387 e. The van der Waals surface area contributed by atoms with Gasteiger partial charge < -0.3 is 14.7 Å². The predicted molar refractivity (Wildman–Crippen MR) is 71.9 cm³/mol. The summed E-state index contributed by atoms with van der Waals surface area (Å²) in [5, 5.41) is 10.3. The van der Waals surface area contributed by atoms with Crippen molar-refractivity contribution in [3.8, 4) is 0 Å². The van der Waals surface area contributed by atoms with Crippen molar-refractivity contribution in [2.45, 2.75) is 31.8 Å². The van der Waals surface area contributed by atoms with E-state index in [4.69, 9.17) is 4.74 Å². The van der Waals surface area contributed by atoms with Crippen LogP contribution in [0, 0.1) is 0 Å². The molecule has 2 rings (SSSR count). The van der Waals surface area contributed by atoms with Crippen molar-refractivity contribution in [3.05, 3.63) is 24.0 Å². The zero-order chi connectivity index (χ0) is 13.0. The quantitative estimate of drug-likeness (QED) is 0.882. The van der Waals surface area contributed by atoms with Crippen LogP contribution in [0.1, 0.15) is 25.5 Å². The lowest BCUT2D eigenvalue weighted by atomic mass is 9.92. The maximum absolute atomic E-state index is 10.3. The molecule has 2 heterocycles. The summed E-state index contributed by atoms with van der Waals surface area (Å²) >= 11 is 0.